The summed E-state index contributed by atoms with van der Waals surface area (Å²) in [5.74, 6) is 0.692. The van der Waals surface area contributed by atoms with Crippen LogP contribution < -0.4 is 10.6 Å². The molecule has 0 bridgehead atoms. The van der Waals surface area contributed by atoms with E-state index in [0.29, 0.717) is 19.4 Å². The summed E-state index contributed by atoms with van der Waals surface area (Å²) < 4.78 is 5.75. The lowest BCUT2D eigenvalue weighted by Crippen LogP contribution is -2.36. The largest absolute Gasteiger partial charge is 0.459 e. The number of benzene rings is 1. The second kappa shape index (κ2) is 7.51. The van der Waals surface area contributed by atoms with Gasteiger partial charge in [0.2, 0.25) is 11.8 Å². The number of carbonyl (C=O) groups excluding carboxylic acids is 2. The van der Waals surface area contributed by atoms with Crippen LogP contribution in [0.5, 0.6) is 0 Å². The fourth-order valence-corrected chi connectivity index (χ4v) is 2.32. The number of rotatable bonds is 6. The summed E-state index contributed by atoms with van der Waals surface area (Å²) in [5, 5.41) is 6.80. The number of carbonyl (C=O) groups is 2. The van der Waals surface area contributed by atoms with Gasteiger partial charge in [0.1, 0.15) is 11.3 Å². The van der Waals surface area contributed by atoms with Gasteiger partial charge in [-0.25, -0.2) is 0 Å². The van der Waals surface area contributed by atoms with E-state index in [1.807, 2.05) is 58.0 Å². The van der Waals surface area contributed by atoms with Crippen molar-refractivity contribution in [3.05, 3.63) is 36.1 Å². The normalized spacial score (nSPS) is 12.8. The average molecular weight is 330 g/mol. The van der Waals surface area contributed by atoms with Gasteiger partial charge >= 0.3 is 0 Å². The first-order chi connectivity index (χ1) is 11.3. The van der Waals surface area contributed by atoms with E-state index in [1.165, 1.54) is 0 Å². The van der Waals surface area contributed by atoms with Crippen LogP contribution in [0.1, 0.15) is 52.3 Å². The number of para-hydroxylation sites is 1. The Morgan fingerprint density at radius 2 is 1.92 bits per heavy atom. The van der Waals surface area contributed by atoms with E-state index < -0.39 is 5.41 Å². The molecule has 1 aromatic heterocycles. The molecule has 0 fully saturated rings. The zero-order valence-electron chi connectivity index (χ0n) is 14.8. The van der Waals surface area contributed by atoms with Gasteiger partial charge in [0.15, 0.2) is 0 Å². The zero-order valence-corrected chi connectivity index (χ0v) is 14.8. The van der Waals surface area contributed by atoms with Gasteiger partial charge in [-0.2, -0.15) is 0 Å². The topological polar surface area (TPSA) is 71.3 Å². The molecule has 0 radical (unpaired) electrons. The van der Waals surface area contributed by atoms with E-state index in [2.05, 4.69) is 10.6 Å². The molecule has 1 heterocycles. The minimum atomic E-state index is -0.405. The van der Waals surface area contributed by atoms with Crippen molar-refractivity contribution in [2.45, 2.75) is 46.6 Å². The van der Waals surface area contributed by atoms with Crippen molar-refractivity contribution >= 4 is 22.8 Å². The third kappa shape index (κ3) is 4.85. The van der Waals surface area contributed by atoms with Crippen LogP contribution in [0.15, 0.2) is 34.7 Å². The lowest BCUT2D eigenvalue weighted by molar-refractivity contribution is -0.128. The molecule has 1 atom stereocenters. The van der Waals surface area contributed by atoms with Crippen LogP contribution >= 0.6 is 0 Å². The van der Waals surface area contributed by atoms with Gasteiger partial charge in [-0.05, 0) is 25.5 Å². The van der Waals surface area contributed by atoms with Crippen molar-refractivity contribution in [1.29, 1.82) is 0 Å². The minimum Gasteiger partial charge on any atom is -0.459 e. The van der Waals surface area contributed by atoms with E-state index >= 15 is 0 Å². The third-order valence-electron chi connectivity index (χ3n) is 3.80. The first kappa shape index (κ1) is 18.0. The highest BCUT2D eigenvalue weighted by atomic mass is 16.3. The molecular weight excluding hydrogens is 304 g/mol. The number of hydrogen-bond acceptors (Lipinski definition) is 3. The number of nitrogens with one attached hydrogen (secondary N) is 2. The van der Waals surface area contributed by atoms with Crippen molar-refractivity contribution in [3.63, 3.8) is 0 Å². The maximum Gasteiger partial charge on any atom is 0.225 e. The summed E-state index contributed by atoms with van der Waals surface area (Å²) in [6.07, 6.45) is 0.982. The summed E-state index contributed by atoms with van der Waals surface area (Å²) >= 11 is 0. The van der Waals surface area contributed by atoms with Gasteiger partial charge in [0.05, 0.1) is 6.04 Å². The van der Waals surface area contributed by atoms with Crippen molar-refractivity contribution < 1.29 is 14.0 Å². The molecule has 0 saturated heterocycles. The quantitative estimate of drug-likeness (QED) is 0.796. The van der Waals surface area contributed by atoms with Gasteiger partial charge in [0, 0.05) is 23.8 Å². The SMILES string of the molecule is C[C@H](NC(=O)CCCNC(=O)C(C)(C)C)c1cc2ccccc2o1. The molecule has 0 saturated carbocycles. The molecule has 0 spiro atoms. The molecule has 0 aliphatic heterocycles. The molecule has 1 aromatic carbocycles. The van der Waals surface area contributed by atoms with Crippen molar-refractivity contribution in [2.24, 2.45) is 5.41 Å². The Hall–Kier alpha value is -2.30. The van der Waals surface area contributed by atoms with Gasteiger partial charge in [-0.15, -0.1) is 0 Å². The molecule has 5 heteroatoms. The highest BCUT2D eigenvalue weighted by Gasteiger charge is 2.20. The van der Waals surface area contributed by atoms with Crippen LogP contribution in [0.3, 0.4) is 0 Å². The molecule has 2 aromatic rings. The molecule has 2 rings (SSSR count). The summed E-state index contributed by atoms with van der Waals surface area (Å²) in [7, 11) is 0. The fourth-order valence-electron chi connectivity index (χ4n) is 2.32. The number of amides is 2. The van der Waals surface area contributed by atoms with Crippen LogP contribution in [-0.4, -0.2) is 18.4 Å². The Kier molecular flexibility index (Phi) is 5.65. The third-order valence-corrected chi connectivity index (χ3v) is 3.80. The van der Waals surface area contributed by atoms with E-state index in [4.69, 9.17) is 4.42 Å². The molecular formula is C19H26N2O3. The number of hydrogen-bond donors (Lipinski definition) is 2. The second-order valence-electron chi connectivity index (χ2n) is 7.09. The van der Waals surface area contributed by atoms with Gasteiger partial charge in [-0.1, -0.05) is 39.0 Å². The molecule has 130 valence electrons. The average Bonchev–Trinajstić information content (AvgIpc) is 2.94. The second-order valence-corrected chi connectivity index (χ2v) is 7.09. The standard InChI is InChI=1S/C19H26N2O3/c1-13(16-12-14-8-5-6-9-15(14)24-16)21-17(22)10-7-11-20-18(23)19(2,3)4/h5-6,8-9,12-13H,7,10-11H2,1-4H3,(H,20,23)(H,21,22)/t13-/m0/s1. The summed E-state index contributed by atoms with van der Waals surface area (Å²) in [6, 6.07) is 9.53. The summed E-state index contributed by atoms with van der Waals surface area (Å²) in [6.45, 7) is 8.00. The highest BCUT2D eigenvalue weighted by molar-refractivity contribution is 5.81. The van der Waals surface area contributed by atoms with Crippen LogP contribution in [0.2, 0.25) is 0 Å². The Morgan fingerprint density at radius 3 is 2.58 bits per heavy atom. The summed E-state index contributed by atoms with van der Waals surface area (Å²) in [4.78, 5) is 23.8. The Balaban J connectivity index is 1.76. The Bertz CT molecular complexity index is 680. The monoisotopic (exact) mass is 330 g/mol. The predicted octanol–water partition coefficient (Wildman–Crippen LogP) is 3.55. The lowest BCUT2D eigenvalue weighted by atomic mass is 9.96. The molecule has 0 aliphatic rings. The smallest absolute Gasteiger partial charge is 0.225 e. The molecule has 24 heavy (non-hydrogen) atoms. The van der Waals surface area contributed by atoms with Gasteiger partial charge in [-0.3, -0.25) is 9.59 Å². The molecule has 0 aliphatic carbocycles. The van der Waals surface area contributed by atoms with Crippen molar-refractivity contribution in [2.75, 3.05) is 6.54 Å². The first-order valence-corrected chi connectivity index (χ1v) is 8.33. The van der Waals surface area contributed by atoms with Gasteiger partial charge < -0.3 is 15.1 Å². The Morgan fingerprint density at radius 1 is 1.21 bits per heavy atom. The van der Waals surface area contributed by atoms with Crippen molar-refractivity contribution in [1.82, 2.24) is 10.6 Å². The predicted molar refractivity (Wildman–Crippen MR) is 94.5 cm³/mol. The van der Waals surface area contributed by atoms with Crippen LogP contribution in [0.4, 0.5) is 0 Å². The molecule has 0 unspecified atom stereocenters. The van der Waals surface area contributed by atoms with E-state index in [-0.39, 0.29) is 17.9 Å². The maximum atomic E-state index is 12.0. The number of furan rings is 1. The maximum absolute atomic E-state index is 12.0. The minimum absolute atomic E-state index is 0.00134. The van der Waals surface area contributed by atoms with E-state index in [0.717, 1.165) is 16.7 Å². The Labute approximate surface area is 142 Å². The first-order valence-electron chi connectivity index (χ1n) is 8.33. The number of fused-ring (bicyclic) bond motifs is 1. The fraction of sp³-hybridized carbons (Fsp3) is 0.474. The molecule has 5 nitrogen and oxygen atoms in total. The van der Waals surface area contributed by atoms with Crippen molar-refractivity contribution in [3.8, 4) is 0 Å². The lowest BCUT2D eigenvalue weighted by Gasteiger charge is -2.17. The van der Waals surface area contributed by atoms with Gasteiger partial charge in [0.25, 0.3) is 0 Å². The van der Waals surface area contributed by atoms with E-state index in [9.17, 15) is 9.59 Å². The zero-order chi connectivity index (χ0) is 17.7. The van der Waals surface area contributed by atoms with Crippen LogP contribution in [0, 0.1) is 5.41 Å². The van der Waals surface area contributed by atoms with Crippen LogP contribution in [0.25, 0.3) is 11.0 Å². The summed E-state index contributed by atoms with van der Waals surface area (Å²) in [5.41, 5.74) is 0.413. The molecule has 2 amide bonds. The highest BCUT2D eigenvalue weighted by Crippen LogP contribution is 2.23. The van der Waals surface area contributed by atoms with Crippen LogP contribution in [-0.2, 0) is 9.59 Å². The van der Waals surface area contributed by atoms with E-state index in [1.54, 1.807) is 0 Å². The molecule has 2 N–H and O–H groups in total.